The first-order valence-electron chi connectivity index (χ1n) is 9.79. The maximum Gasteiger partial charge on any atom is 0.282 e. The molecule has 0 saturated carbocycles. The Morgan fingerprint density at radius 2 is 1.77 bits per heavy atom. The van der Waals surface area contributed by atoms with Gasteiger partial charge in [0.05, 0.1) is 18.0 Å². The minimum atomic E-state index is -1.00. The lowest BCUT2D eigenvalue weighted by atomic mass is 10.2. The molecule has 1 aliphatic rings. The Balaban J connectivity index is 1.59. The van der Waals surface area contributed by atoms with Crippen molar-refractivity contribution in [1.29, 1.82) is 0 Å². The summed E-state index contributed by atoms with van der Waals surface area (Å²) in [4.78, 5) is 37.2. The fourth-order valence-electron chi connectivity index (χ4n) is 2.82. The van der Waals surface area contributed by atoms with Crippen molar-refractivity contribution in [3.63, 3.8) is 0 Å². The lowest BCUT2D eigenvalue weighted by Gasteiger charge is -2.11. The van der Waals surface area contributed by atoms with Gasteiger partial charge in [0.1, 0.15) is 12.2 Å². The highest BCUT2D eigenvalue weighted by molar-refractivity contribution is 6.18. The van der Waals surface area contributed by atoms with Gasteiger partial charge in [0.15, 0.2) is 6.04 Å². The molecule has 0 fully saturated rings. The third-order valence-electron chi connectivity index (χ3n) is 4.42. The van der Waals surface area contributed by atoms with Crippen LogP contribution in [0.15, 0.2) is 63.9 Å². The van der Waals surface area contributed by atoms with E-state index in [4.69, 9.17) is 4.74 Å². The highest BCUT2D eigenvalue weighted by Gasteiger charge is 2.38. The molecule has 3 amide bonds. The van der Waals surface area contributed by atoms with Gasteiger partial charge in [0, 0.05) is 5.69 Å². The first-order chi connectivity index (χ1) is 14.9. The summed E-state index contributed by atoms with van der Waals surface area (Å²) >= 11 is 0. The maximum atomic E-state index is 12.6. The standard InChI is InChI=1S/C22H23N5O4/c1-4-31-18-11-9-17(10-12-18)24-25-21-15(3)26-27(22(21)30)20(29)13-19(28)23-16-7-5-14(2)6-8-16/h5-12,21H,4,13H2,1-3H3,(H,23,28)/t21-/m1/s1. The summed E-state index contributed by atoms with van der Waals surface area (Å²) in [5.74, 6) is -1.20. The van der Waals surface area contributed by atoms with Crippen LogP contribution in [0.4, 0.5) is 11.4 Å². The molecule has 0 saturated heterocycles. The Bertz CT molecular complexity index is 1030. The van der Waals surface area contributed by atoms with Crippen molar-refractivity contribution in [1.82, 2.24) is 5.01 Å². The number of rotatable bonds is 7. The average molecular weight is 421 g/mol. The van der Waals surface area contributed by atoms with Gasteiger partial charge in [-0.25, -0.2) is 0 Å². The third kappa shape index (κ3) is 5.59. The number of carbonyl (C=O) groups excluding carboxylic acids is 3. The number of benzene rings is 2. The quantitative estimate of drug-likeness (QED) is 0.543. The Hall–Kier alpha value is -3.88. The van der Waals surface area contributed by atoms with E-state index in [2.05, 4.69) is 20.6 Å². The second-order valence-corrected chi connectivity index (χ2v) is 6.92. The Labute approximate surface area is 179 Å². The molecule has 31 heavy (non-hydrogen) atoms. The SMILES string of the molecule is CCOc1ccc(N=N[C@H]2C(=O)N(C(=O)CC(=O)Nc3ccc(C)cc3)N=C2C)cc1. The number of nitrogens with zero attached hydrogens (tertiary/aromatic N) is 4. The largest absolute Gasteiger partial charge is 0.494 e. The topological polar surface area (TPSA) is 113 Å². The molecule has 0 radical (unpaired) electrons. The highest BCUT2D eigenvalue weighted by atomic mass is 16.5. The molecule has 2 aromatic rings. The van der Waals surface area contributed by atoms with E-state index < -0.39 is 30.2 Å². The van der Waals surface area contributed by atoms with Crippen LogP contribution in [0.25, 0.3) is 0 Å². The average Bonchev–Trinajstić information content (AvgIpc) is 3.03. The van der Waals surface area contributed by atoms with Gasteiger partial charge in [-0.3, -0.25) is 14.4 Å². The normalized spacial score (nSPS) is 15.8. The molecule has 1 N–H and O–H groups in total. The fourth-order valence-corrected chi connectivity index (χ4v) is 2.82. The van der Waals surface area contributed by atoms with Crippen LogP contribution in [0.2, 0.25) is 0 Å². The van der Waals surface area contributed by atoms with Crippen LogP contribution in [0.3, 0.4) is 0 Å². The van der Waals surface area contributed by atoms with Crippen LogP contribution in [-0.4, -0.2) is 41.1 Å². The molecule has 0 spiro atoms. The zero-order chi connectivity index (χ0) is 22.4. The first kappa shape index (κ1) is 21.8. The molecule has 160 valence electrons. The number of carbonyl (C=O) groups is 3. The molecule has 1 heterocycles. The van der Waals surface area contributed by atoms with Crippen molar-refractivity contribution in [2.24, 2.45) is 15.3 Å². The summed E-state index contributed by atoms with van der Waals surface area (Å²) < 4.78 is 5.37. The molecule has 9 heteroatoms. The van der Waals surface area contributed by atoms with Crippen LogP contribution in [0.1, 0.15) is 25.8 Å². The van der Waals surface area contributed by atoms with E-state index in [0.29, 0.717) is 34.5 Å². The summed E-state index contributed by atoms with van der Waals surface area (Å²) in [6.07, 6.45) is -0.515. The lowest BCUT2D eigenvalue weighted by Crippen LogP contribution is -2.36. The highest BCUT2D eigenvalue weighted by Crippen LogP contribution is 2.21. The van der Waals surface area contributed by atoms with Gasteiger partial charge in [0.2, 0.25) is 5.91 Å². The number of azo groups is 1. The van der Waals surface area contributed by atoms with E-state index in [1.807, 2.05) is 26.0 Å². The first-order valence-corrected chi connectivity index (χ1v) is 9.79. The van der Waals surface area contributed by atoms with Crippen LogP contribution in [0.5, 0.6) is 5.75 Å². The van der Waals surface area contributed by atoms with Gasteiger partial charge in [-0.2, -0.15) is 20.3 Å². The number of imide groups is 1. The number of hydrazone groups is 1. The lowest BCUT2D eigenvalue weighted by molar-refractivity contribution is -0.144. The number of aryl methyl sites for hydroxylation is 1. The van der Waals surface area contributed by atoms with Gasteiger partial charge < -0.3 is 10.1 Å². The molecule has 2 aromatic carbocycles. The molecule has 9 nitrogen and oxygen atoms in total. The molecule has 1 aliphatic heterocycles. The molecule has 1 atom stereocenters. The van der Waals surface area contributed by atoms with Crippen molar-refractivity contribution in [2.45, 2.75) is 33.2 Å². The Morgan fingerprint density at radius 3 is 2.42 bits per heavy atom. The predicted octanol–water partition coefficient (Wildman–Crippen LogP) is 3.62. The van der Waals surface area contributed by atoms with Crippen molar-refractivity contribution in [2.75, 3.05) is 11.9 Å². The number of hydrogen-bond donors (Lipinski definition) is 1. The summed E-state index contributed by atoms with van der Waals surface area (Å²) in [5, 5.41) is 15.4. The van der Waals surface area contributed by atoms with Gasteiger partial charge >= 0.3 is 0 Å². The zero-order valence-corrected chi connectivity index (χ0v) is 17.5. The minimum absolute atomic E-state index is 0.326. The maximum absolute atomic E-state index is 12.6. The summed E-state index contributed by atoms with van der Waals surface area (Å²) in [6.45, 7) is 5.96. The van der Waals surface area contributed by atoms with E-state index in [0.717, 1.165) is 5.56 Å². The molecule has 3 rings (SSSR count). The van der Waals surface area contributed by atoms with Crippen LogP contribution in [0, 0.1) is 6.92 Å². The van der Waals surface area contributed by atoms with E-state index >= 15 is 0 Å². The molecule has 0 bridgehead atoms. The van der Waals surface area contributed by atoms with E-state index in [1.54, 1.807) is 43.3 Å². The van der Waals surface area contributed by atoms with Crippen molar-refractivity contribution in [3.05, 3.63) is 54.1 Å². The second-order valence-electron chi connectivity index (χ2n) is 6.92. The predicted molar refractivity (Wildman–Crippen MR) is 115 cm³/mol. The second kappa shape index (κ2) is 9.75. The monoisotopic (exact) mass is 421 g/mol. The van der Waals surface area contributed by atoms with Crippen molar-refractivity contribution < 1.29 is 19.1 Å². The van der Waals surface area contributed by atoms with E-state index in [1.165, 1.54) is 0 Å². The van der Waals surface area contributed by atoms with Gasteiger partial charge in [-0.1, -0.05) is 17.7 Å². The fraction of sp³-hybridized carbons (Fsp3) is 0.273. The zero-order valence-electron chi connectivity index (χ0n) is 17.5. The minimum Gasteiger partial charge on any atom is -0.494 e. The van der Waals surface area contributed by atoms with Crippen molar-refractivity contribution in [3.8, 4) is 5.75 Å². The number of ether oxygens (including phenoxy) is 1. The van der Waals surface area contributed by atoms with Crippen LogP contribution >= 0.6 is 0 Å². The molecule has 0 aliphatic carbocycles. The van der Waals surface area contributed by atoms with Gasteiger partial charge in [-0.05, 0) is 57.2 Å². The number of amides is 3. The number of hydrogen-bond acceptors (Lipinski definition) is 7. The molecule has 0 aromatic heterocycles. The van der Waals surface area contributed by atoms with Crippen LogP contribution in [-0.2, 0) is 14.4 Å². The van der Waals surface area contributed by atoms with Crippen molar-refractivity contribution >= 4 is 34.8 Å². The Morgan fingerprint density at radius 1 is 1.10 bits per heavy atom. The third-order valence-corrected chi connectivity index (χ3v) is 4.42. The summed E-state index contributed by atoms with van der Waals surface area (Å²) in [5.41, 5.74) is 2.48. The van der Waals surface area contributed by atoms with E-state index in [9.17, 15) is 14.4 Å². The number of nitrogens with one attached hydrogen (secondary N) is 1. The smallest absolute Gasteiger partial charge is 0.282 e. The number of anilines is 1. The Kier molecular flexibility index (Phi) is 6.86. The summed E-state index contributed by atoms with van der Waals surface area (Å²) in [7, 11) is 0. The molecule has 0 unspecified atom stereocenters. The van der Waals surface area contributed by atoms with Gasteiger partial charge in [-0.15, -0.1) is 0 Å². The van der Waals surface area contributed by atoms with Crippen LogP contribution < -0.4 is 10.1 Å². The van der Waals surface area contributed by atoms with E-state index in [-0.39, 0.29) is 0 Å². The molecular formula is C22H23N5O4. The summed E-state index contributed by atoms with van der Waals surface area (Å²) in [6, 6.07) is 13.1. The van der Waals surface area contributed by atoms with Gasteiger partial charge in [0.25, 0.3) is 11.8 Å². The molecular weight excluding hydrogens is 398 g/mol.